The Labute approximate surface area is 119 Å². The van der Waals surface area contributed by atoms with Gasteiger partial charge in [0.2, 0.25) is 0 Å². The lowest BCUT2D eigenvalue weighted by Gasteiger charge is -2.25. The molecule has 6 nitrogen and oxygen atoms in total. The van der Waals surface area contributed by atoms with Crippen LogP contribution in [0, 0.1) is 0 Å². The molecule has 0 fully saturated rings. The van der Waals surface area contributed by atoms with Gasteiger partial charge in [0.25, 0.3) is 0 Å². The summed E-state index contributed by atoms with van der Waals surface area (Å²) >= 11 is 0. The molecule has 0 saturated carbocycles. The van der Waals surface area contributed by atoms with Crippen molar-refractivity contribution in [2.24, 2.45) is 5.73 Å². The molecule has 0 saturated heterocycles. The Kier molecular flexibility index (Phi) is 6.83. The minimum absolute atomic E-state index is 0.134. The van der Waals surface area contributed by atoms with Gasteiger partial charge in [-0.05, 0) is 31.5 Å². The van der Waals surface area contributed by atoms with Gasteiger partial charge in [0.1, 0.15) is 5.75 Å². The zero-order valence-corrected chi connectivity index (χ0v) is 11.9. The van der Waals surface area contributed by atoms with E-state index in [9.17, 15) is 4.79 Å². The quantitative estimate of drug-likeness (QED) is 0.576. The fourth-order valence-electron chi connectivity index (χ4n) is 2.04. The summed E-state index contributed by atoms with van der Waals surface area (Å²) in [5.74, 6) is 0.799. The van der Waals surface area contributed by atoms with Gasteiger partial charge in [-0.2, -0.15) is 0 Å². The average molecular weight is 281 g/mol. The molecule has 0 spiro atoms. The lowest BCUT2D eigenvalue weighted by atomic mass is 10.0. The van der Waals surface area contributed by atoms with E-state index in [4.69, 9.17) is 15.6 Å². The molecule has 0 aliphatic heterocycles. The van der Waals surface area contributed by atoms with Crippen molar-refractivity contribution in [2.45, 2.75) is 25.9 Å². The number of nitrogens with one attached hydrogen (secondary N) is 2. The van der Waals surface area contributed by atoms with Gasteiger partial charge in [0.05, 0.1) is 12.6 Å². The van der Waals surface area contributed by atoms with Gasteiger partial charge in [0, 0.05) is 19.1 Å². The van der Waals surface area contributed by atoms with E-state index in [1.807, 2.05) is 38.1 Å². The van der Waals surface area contributed by atoms with Gasteiger partial charge in [-0.1, -0.05) is 12.1 Å². The number of carboxylic acid groups (broad SMARTS) is 1. The number of ether oxygens (including phenoxy) is 1. The summed E-state index contributed by atoms with van der Waals surface area (Å²) in [6.45, 7) is 5.47. The van der Waals surface area contributed by atoms with Crippen LogP contribution in [-0.2, 0) is 0 Å². The first kappa shape index (κ1) is 16.3. The summed E-state index contributed by atoms with van der Waals surface area (Å²) in [7, 11) is 0. The third-order valence-corrected chi connectivity index (χ3v) is 2.91. The molecule has 6 heteroatoms. The van der Waals surface area contributed by atoms with E-state index in [1.165, 1.54) is 0 Å². The van der Waals surface area contributed by atoms with Crippen LogP contribution in [0.2, 0.25) is 0 Å². The molecule has 1 unspecified atom stereocenters. The first-order chi connectivity index (χ1) is 9.58. The van der Waals surface area contributed by atoms with E-state index in [0.29, 0.717) is 19.7 Å². The number of carbonyl (C=O) groups is 1. The van der Waals surface area contributed by atoms with Crippen molar-refractivity contribution in [3.8, 4) is 5.75 Å². The van der Waals surface area contributed by atoms with Crippen LogP contribution in [0.1, 0.15) is 25.5 Å². The van der Waals surface area contributed by atoms with Crippen molar-refractivity contribution >= 4 is 6.09 Å². The second-order valence-electron chi connectivity index (χ2n) is 4.46. The Morgan fingerprint density at radius 3 is 2.55 bits per heavy atom. The van der Waals surface area contributed by atoms with E-state index in [1.54, 1.807) is 0 Å². The molecular formula is C14H23N3O3. The van der Waals surface area contributed by atoms with Crippen LogP contribution < -0.4 is 21.1 Å². The average Bonchev–Trinajstić information content (AvgIpc) is 2.40. The number of amides is 1. The highest BCUT2D eigenvalue weighted by atomic mass is 16.5. The molecule has 0 aliphatic carbocycles. The van der Waals surface area contributed by atoms with Gasteiger partial charge < -0.3 is 26.2 Å². The minimum Gasteiger partial charge on any atom is -0.494 e. The first-order valence-corrected chi connectivity index (χ1v) is 6.74. The van der Waals surface area contributed by atoms with E-state index in [0.717, 1.165) is 11.3 Å². The molecule has 1 aromatic carbocycles. The molecule has 2 atom stereocenters. The van der Waals surface area contributed by atoms with Crippen LogP contribution >= 0.6 is 0 Å². The summed E-state index contributed by atoms with van der Waals surface area (Å²) in [6.07, 6.45) is -1.04. The Morgan fingerprint density at radius 1 is 1.40 bits per heavy atom. The lowest BCUT2D eigenvalue weighted by molar-refractivity contribution is 0.187. The Hall–Kier alpha value is -1.79. The molecule has 1 aromatic rings. The van der Waals surface area contributed by atoms with E-state index in [-0.39, 0.29) is 12.1 Å². The van der Waals surface area contributed by atoms with Crippen LogP contribution in [-0.4, -0.2) is 36.9 Å². The minimum atomic E-state index is -1.04. The number of hydrogen-bond donors (Lipinski definition) is 4. The molecule has 0 bridgehead atoms. The summed E-state index contributed by atoms with van der Waals surface area (Å²) < 4.78 is 5.40. The van der Waals surface area contributed by atoms with Crippen LogP contribution in [0.15, 0.2) is 24.3 Å². The maximum absolute atomic E-state index is 10.8. The Balaban J connectivity index is 2.82. The monoisotopic (exact) mass is 281 g/mol. The van der Waals surface area contributed by atoms with Crippen molar-refractivity contribution < 1.29 is 14.6 Å². The topological polar surface area (TPSA) is 96.6 Å². The zero-order chi connectivity index (χ0) is 15.0. The van der Waals surface area contributed by atoms with E-state index < -0.39 is 6.09 Å². The summed E-state index contributed by atoms with van der Waals surface area (Å²) in [5.41, 5.74) is 6.49. The zero-order valence-electron chi connectivity index (χ0n) is 11.9. The van der Waals surface area contributed by atoms with Gasteiger partial charge in [-0.25, -0.2) is 4.79 Å². The molecule has 5 N–H and O–H groups in total. The molecule has 1 rings (SSSR count). The molecule has 20 heavy (non-hydrogen) atoms. The number of benzene rings is 1. The maximum atomic E-state index is 10.8. The smallest absolute Gasteiger partial charge is 0.404 e. The van der Waals surface area contributed by atoms with Gasteiger partial charge in [-0.3, -0.25) is 0 Å². The summed E-state index contributed by atoms with van der Waals surface area (Å²) in [6, 6.07) is 7.22. The van der Waals surface area contributed by atoms with Crippen molar-refractivity contribution in [3.05, 3.63) is 29.8 Å². The standard InChI is InChI=1S/C14H23N3O3/c1-3-20-12-6-4-11(5-7-12)13(16-9-8-15)10(2)17-14(18)19/h4-7,10,13,16-17H,3,8-9,15H2,1-2H3,(H,18,19)/t10?,13-/m0/s1. The molecule has 0 aromatic heterocycles. The van der Waals surface area contributed by atoms with Gasteiger partial charge >= 0.3 is 6.09 Å². The fourth-order valence-corrected chi connectivity index (χ4v) is 2.04. The van der Waals surface area contributed by atoms with Crippen LogP contribution in [0.3, 0.4) is 0 Å². The number of rotatable bonds is 8. The second kappa shape index (κ2) is 8.39. The lowest BCUT2D eigenvalue weighted by Crippen LogP contribution is -2.43. The number of nitrogens with two attached hydrogens (primary N) is 1. The predicted octanol–water partition coefficient (Wildman–Crippen LogP) is 1.33. The largest absolute Gasteiger partial charge is 0.494 e. The van der Waals surface area contributed by atoms with Crippen LogP contribution in [0.4, 0.5) is 4.79 Å². The van der Waals surface area contributed by atoms with Crippen LogP contribution in [0.5, 0.6) is 5.75 Å². The predicted molar refractivity (Wildman–Crippen MR) is 78.0 cm³/mol. The highest BCUT2D eigenvalue weighted by Gasteiger charge is 2.20. The van der Waals surface area contributed by atoms with Crippen molar-refractivity contribution in [2.75, 3.05) is 19.7 Å². The fraction of sp³-hybridized carbons (Fsp3) is 0.500. The molecule has 1 amide bonds. The normalized spacial score (nSPS) is 13.6. The Bertz CT molecular complexity index is 409. The first-order valence-electron chi connectivity index (χ1n) is 6.74. The highest BCUT2D eigenvalue weighted by Crippen LogP contribution is 2.20. The molecule has 0 radical (unpaired) electrons. The third-order valence-electron chi connectivity index (χ3n) is 2.91. The van der Waals surface area contributed by atoms with Crippen molar-refractivity contribution in [1.82, 2.24) is 10.6 Å². The van der Waals surface area contributed by atoms with Crippen LogP contribution in [0.25, 0.3) is 0 Å². The SMILES string of the molecule is CCOc1ccc([C@@H](NCCN)C(C)NC(=O)O)cc1. The Morgan fingerprint density at radius 2 is 2.05 bits per heavy atom. The van der Waals surface area contributed by atoms with Gasteiger partial charge in [-0.15, -0.1) is 0 Å². The summed E-state index contributed by atoms with van der Waals surface area (Å²) in [5, 5.41) is 14.6. The maximum Gasteiger partial charge on any atom is 0.404 e. The molecular weight excluding hydrogens is 258 g/mol. The van der Waals surface area contributed by atoms with Crippen molar-refractivity contribution in [1.29, 1.82) is 0 Å². The van der Waals surface area contributed by atoms with E-state index in [2.05, 4.69) is 10.6 Å². The summed E-state index contributed by atoms with van der Waals surface area (Å²) in [4.78, 5) is 10.8. The molecule has 112 valence electrons. The third kappa shape index (κ3) is 5.07. The van der Waals surface area contributed by atoms with Crippen molar-refractivity contribution in [3.63, 3.8) is 0 Å². The molecule has 0 aliphatic rings. The number of hydrogen-bond acceptors (Lipinski definition) is 4. The second-order valence-corrected chi connectivity index (χ2v) is 4.46. The highest BCUT2D eigenvalue weighted by molar-refractivity contribution is 5.65. The van der Waals surface area contributed by atoms with Gasteiger partial charge in [0.15, 0.2) is 0 Å². The molecule has 0 heterocycles. The van der Waals surface area contributed by atoms with E-state index >= 15 is 0 Å².